The zero-order valence-corrected chi connectivity index (χ0v) is 11.4. The van der Waals surface area contributed by atoms with E-state index in [-0.39, 0.29) is 0 Å². The average Bonchev–Trinajstić information content (AvgIpc) is 2.81. The van der Waals surface area contributed by atoms with Crippen molar-refractivity contribution in [1.82, 2.24) is 14.7 Å². The van der Waals surface area contributed by atoms with E-state index in [1.54, 1.807) is 0 Å². The molecule has 0 spiro atoms. The Balaban J connectivity index is 2.09. The maximum atomic E-state index is 5.81. The van der Waals surface area contributed by atoms with Gasteiger partial charge in [0.05, 0.1) is 24.6 Å². The van der Waals surface area contributed by atoms with E-state index in [1.165, 1.54) is 11.4 Å². The molecule has 1 aliphatic heterocycles. The molecule has 0 amide bonds. The molecular formula is C13H24N4O. The van der Waals surface area contributed by atoms with Crippen molar-refractivity contribution in [1.29, 1.82) is 0 Å². The summed E-state index contributed by atoms with van der Waals surface area (Å²) < 4.78 is 7.58. The van der Waals surface area contributed by atoms with Crippen LogP contribution in [0.2, 0.25) is 0 Å². The fourth-order valence-corrected chi connectivity index (χ4v) is 2.41. The highest BCUT2D eigenvalue weighted by atomic mass is 16.5. The largest absolute Gasteiger partial charge is 0.378 e. The second-order valence-electron chi connectivity index (χ2n) is 4.73. The number of ether oxygens (including phenoxy) is 1. The number of nitrogens with two attached hydrogens (primary N) is 1. The molecule has 1 aromatic heterocycles. The molecule has 1 atom stereocenters. The summed E-state index contributed by atoms with van der Waals surface area (Å²) in [5.41, 5.74) is 8.26. The van der Waals surface area contributed by atoms with E-state index in [0.29, 0.717) is 12.6 Å². The molecule has 5 heteroatoms. The minimum absolute atomic E-state index is 0.337. The molecule has 1 fully saturated rings. The predicted molar refractivity (Wildman–Crippen MR) is 71.4 cm³/mol. The standard InChI is InChI=1S/C13H24N4O/c1-3-11-7-12(17(4-2)15-11)9-16-5-6-18-10-13(16)8-14/h7,13H,3-6,8-10,14H2,1-2H3. The second kappa shape index (κ2) is 6.31. The molecule has 1 aromatic rings. The Labute approximate surface area is 109 Å². The molecule has 2 heterocycles. The van der Waals surface area contributed by atoms with Crippen molar-refractivity contribution in [2.24, 2.45) is 5.73 Å². The maximum absolute atomic E-state index is 5.81. The van der Waals surface area contributed by atoms with Crippen molar-refractivity contribution in [3.05, 3.63) is 17.5 Å². The van der Waals surface area contributed by atoms with Crippen LogP contribution >= 0.6 is 0 Å². The Hall–Kier alpha value is -0.910. The van der Waals surface area contributed by atoms with E-state index < -0.39 is 0 Å². The fraction of sp³-hybridized carbons (Fsp3) is 0.769. The van der Waals surface area contributed by atoms with Crippen molar-refractivity contribution < 1.29 is 4.74 Å². The van der Waals surface area contributed by atoms with Gasteiger partial charge in [0.15, 0.2) is 0 Å². The quantitative estimate of drug-likeness (QED) is 0.835. The first-order valence-electron chi connectivity index (χ1n) is 6.85. The lowest BCUT2D eigenvalue weighted by atomic mass is 10.2. The van der Waals surface area contributed by atoms with E-state index in [9.17, 15) is 0 Å². The molecule has 1 unspecified atom stereocenters. The second-order valence-corrected chi connectivity index (χ2v) is 4.73. The maximum Gasteiger partial charge on any atom is 0.0634 e. The summed E-state index contributed by atoms with van der Waals surface area (Å²) in [6, 6.07) is 2.55. The van der Waals surface area contributed by atoms with Crippen LogP contribution in [-0.4, -0.2) is 47.0 Å². The van der Waals surface area contributed by atoms with Crippen molar-refractivity contribution in [2.75, 3.05) is 26.3 Å². The zero-order valence-electron chi connectivity index (χ0n) is 11.4. The van der Waals surface area contributed by atoms with Crippen LogP contribution in [-0.2, 0) is 24.2 Å². The highest BCUT2D eigenvalue weighted by molar-refractivity contribution is 5.10. The lowest BCUT2D eigenvalue weighted by Gasteiger charge is -2.34. The van der Waals surface area contributed by atoms with Crippen molar-refractivity contribution >= 4 is 0 Å². The number of hydrogen-bond acceptors (Lipinski definition) is 4. The molecular weight excluding hydrogens is 228 g/mol. The van der Waals surface area contributed by atoms with Gasteiger partial charge in [0.2, 0.25) is 0 Å². The summed E-state index contributed by atoms with van der Waals surface area (Å²) in [6.07, 6.45) is 0.990. The van der Waals surface area contributed by atoms with Gasteiger partial charge >= 0.3 is 0 Å². The Morgan fingerprint density at radius 2 is 2.33 bits per heavy atom. The highest BCUT2D eigenvalue weighted by Gasteiger charge is 2.22. The lowest BCUT2D eigenvalue weighted by Crippen LogP contribution is -2.48. The van der Waals surface area contributed by atoms with Crippen LogP contribution in [0.3, 0.4) is 0 Å². The van der Waals surface area contributed by atoms with Gasteiger partial charge in [-0.3, -0.25) is 9.58 Å². The highest BCUT2D eigenvalue weighted by Crippen LogP contribution is 2.13. The summed E-state index contributed by atoms with van der Waals surface area (Å²) in [6.45, 7) is 9.28. The predicted octanol–water partition coefficient (Wildman–Crippen LogP) is 0.625. The Morgan fingerprint density at radius 3 is 3.00 bits per heavy atom. The fourth-order valence-electron chi connectivity index (χ4n) is 2.41. The van der Waals surface area contributed by atoms with Gasteiger partial charge in [-0.1, -0.05) is 6.92 Å². The van der Waals surface area contributed by atoms with Crippen LogP contribution in [0.4, 0.5) is 0 Å². The summed E-state index contributed by atoms with van der Waals surface area (Å²) >= 11 is 0. The number of rotatable bonds is 5. The number of nitrogens with zero attached hydrogens (tertiary/aromatic N) is 3. The average molecular weight is 252 g/mol. The van der Waals surface area contributed by atoms with Crippen LogP contribution in [0.15, 0.2) is 6.07 Å². The van der Waals surface area contributed by atoms with Crippen LogP contribution < -0.4 is 5.73 Å². The summed E-state index contributed by atoms with van der Waals surface area (Å²) in [7, 11) is 0. The zero-order chi connectivity index (χ0) is 13.0. The molecule has 1 aliphatic rings. The van der Waals surface area contributed by atoms with Crippen molar-refractivity contribution in [3.8, 4) is 0 Å². The third-order valence-corrected chi connectivity index (χ3v) is 3.56. The molecule has 1 saturated heterocycles. The van der Waals surface area contributed by atoms with Crippen LogP contribution in [0.5, 0.6) is 0 Å². The number of aromatic nitrogens is 2. The van der Waals surface area contributed by atoms with Gasteiger partial charge in [-0.2, -0.15) is 5.10 Å². The summed E-state index contributed by atoms with van der Waals surface area (Å²) in [5.74, 6) is 0. The summed E-state index contributed by atoms with van der Waals surface area (Å²) in [5, 5.41) is 4.59. The molecule has 102 valence electrons. The third kappa shape index (κ3) is 2.91. The van der Waals surface area contributed by atoms with Gasteiger partial charge in [0.1, 0.15) is 0 Å². The molecule has 0 aromatic carbocycles. The van der Waals surface area contributed by atoms with Crippen LogP contribution in [0.1, 0.15) is 25.2 Å². The molecule has 0 aliphatic carbocycles. The van der Waals surface area contributed by atoms with E-state index in [2.05, 4.69) is 34.6 Å². The molecule has 5 nitrogen and oxygen atoms in total. The molecule has 0 saturated carbocycles. The van der Waals surface area contributed by atoms with E-state index in [4.69, 9.17) is 10.5 Å². The van der Waals surface area contributed by atoms with Gasteiger partial charge in [-0.25, -0.2) is 0 Å². The van der Waals surface area contributed by atoms with Gasteiger partial charge in [0, 0.05) is 32.2 Å². The Bertz CT molecular complexity index is 377. The van der Waals surface area contributed by atoms with E-state index in [1.807, 2.05) is 0 Å². The SMILES string of the molecule is CCc1cc(CN2CCOCC2CN)n(CC)n1. The number of morpholine rings is 1. The molecule has 0 bridgehead atoms. The summed E-state index contributed by atoms with van der Waals surface area (Å²) in [4.78, 5) is 2.41. The number of aryl methyl sites for hydroxylation is 2. The first-order valence-corrected chi connectivity index (χ1v) is 6.85. The van der Waals surface area contributed by atoms with Gasteiger partial charge in [-0.05, 0) is 19.4 Å². The number of hydrogen-bond donors (Lipinski definition) is 1. The molecule has 2 N–H and O–H groups in total. The van der Waals surface area contributed by atoms with E-state index in [0.717, 1.165) is 39.3 Å². The third-order valence-electron chi connectivity index (χ3n) is 3.56. The van der Waals surface area contributed by atoms with Crippen molar-refractivity contribution in [2.45, 2.75) is 39.4 Å². The van der Waals surface area contributed by atoms with Crippen LogP contribution in [0, 0.1) is 0 Å². The van der Waals surface area contributed by atoms with E-state index >= 15 is 0 Å². The molecule has 2 rings (SSSR count). The van der Waals surface area contributed by atoms with Crippen molar-refractivity contribution in [3.63, 3.8) is 0 Å². The van der Waals surface area contributed by atoms with Gasteiger partial charge < -0.3 is 10.5 Å². The lowest BCUT2D eigenvalue weighted by molar-refractivity contribution is -0.00901. The normalized spacial score (nSPS) is 21.4. The Morgan fingerprint density at radius 1 is 1.50 bits per heavy atom. The van der Waals surface area contributed by atoms with Gasteiger partial charge in [-0.15, -0.1) is 0 Å². The first kappa shape index (κ1) is 13.5. The van der Waals surface area contributed by atoms with Crippen LogP contribution in [0.25, 0.3) is 0 Å². The first-order chi connectivity index (χ1) is 8.78. The molecule has 0 radical (unpaired) electrons. The molecule has 18 heavy (non-hydrogen) atoms. The smallest absolute Gasteiger partial charge is 0.0634 e. The monoisotopic (exact) mass is 252 g/mol. The minimum atomic E-state index is 0.337. The topological polar surface area (TPSA) is 56.3 Å². The minimum Gasteiger partial charge on any atom is -0.378 e. The van der Waals surface area contributed by atoms with Gasteiger partial charge in [0.25, 0.3) is 0 Å². The Kier molecular flexibility index (Phi) is 4.74.